The van der Waals surface area contributed by atoms with Crippen LogP contribution >= 0.6 is 0 Å². The number of nitrogens with zero attached hydrogens (tertiary/aromatic N) is 4. The molecule has 1 unspecified atom stereocenters. The number of hydrogen-bond donors (Lipinski definition) is 1. The van der Waals surface area contributed by atoms with Gasteiger partial charge in [0.05, 0.1) is 17.0 Å². The SMILES string of the molecule is CC(C)C(NC(=O)C1(c2ccc(F)cc2)CCN(C(=O)C2CCN(c3ccc(C#N)cn3)CC2)CC1)c1ccc(F)cc1. The van der Waals surface area contributed by atoms with Gasteiger partial charge in [-0.2, -0.15) is 5.26 Å². The molecule has 1 aromatic heterocycles. The first-order chi connectivity index (χ1) is 20.7. The second-order valence-electron chi connectivity index (χ2n) is 11.9. The zero-order valence-corrected chi connectivity index (χ0v) is 24.6. The number of rotatable bonds is 7. The molecule has 2 fully saturated rings. The molecule has 2 amide bonds. The first kappa shape index (κ1) is 30.1. The van der Waals surface area contributed by atoms with E-state index in [1.807, 2.05) is 24.8 Å². The third-order valence-corrected chi connectivity index (χ3v) is 8.99. The molecule has 2 aliphatic rings. The molecule has 3 aromatic rings. The smallest absolute Gasteiger partial charge is 0.231 e. The number of amides is 2. The number of carbonyl (C=O) groups excluding carboxylic acids is 2. The summed E-state index contributed by atoms with van der Waals surface area (Å²) in [4.78, 5) is 36.1. The minimum atomic E-state index is -0.928. The van der Waals surface area contributed by atoms with Crippen molar-refractivity contribution in [3.8, 4) is 6.07 Å². The van der Waals surface area contributed by atoms with Crippen molar-refractivity contribution in [1.29, 1.82) is 5.26 Å². The van der Waals surface area contributed by atoms with Crippen LogP contribution in [0.3, 0.4) is 0 Å². The highest BCUT2D eigenvalue weighted by Gasteiger charge is 2.45. The third kappa shape index (κ3) is 6.53. The Morgan fingerprint density at radius 1 is 0.930 bits per heavy atom. The van der Waals surface area contributed by atoms with Crippen LogP contribution in [-0.2, 0) is 15.0 Å². The van der Waals surface area contributed by atoms with E-state index in [4.69, 9.17) is 5.26 Å². The number of carbonyl (C=O) groups is 2. The van der Waals surface area contributed by atoms with Gasteiger partial charge >= 0.3 is 0 Å². The molecule has 224 valence electrons. The number of anilines is 1. The number of halogens is 2. The molecule has 0 radical (unpaired) electrons. The lowest BCUT2D eigenvalue weighted by atomic mass is 9.71. The zero-order valence-electron chi connectivity index (χ0n) is 24.6. The van der Waals surface area contributed by atoms with Gasteiger partial charge < -0.3 is 15.1 Å². The number of nitrogens with one attached hydrogen (secondary N) is 1. The first-order valence-corrected chi connectivity index (χ1v) is 14.9. The van der Waals surface area contributed by atoms with E-state index < -0.39 is 5.41 Å². The van der Waals surface area contributed by atoms with E-state index in [1.165, 1.54) is 24.3 Å². The van der Waals surface area contributed by atoms with Crippen LogP contribution in [0, 0.1) is 34.8 Å². The molecule has 0 aliphatic carbocycles. The van der Waals surface area contributed by atoms with Gasteiger partial charge in [0.2, 0.25) is 11.8 Å². The number of pyridine rings is 1. The molecule has 5 rings (SSSR count). The first-order valence-electron chi connectivity index (χ1n) is 14.9. The Kier molecular flexibility index (Phi) is 9.05. The molecule has 3 heterocycles. The topological polar surface area (TPSA) is 89.3 Å². The fraction of sp³-hybridized carbons (Fsp3) is 0.412. The van der Waals surface area contributed by atoms with Crippen LogP contribution in [0.15, 0.2) is 66.9 Å². The van der Waals surface area contributed by atoms with E-state index in [2.05, 4.69) is 21.3 Å². The van der Waals surface area contributed by atoms with E-state index in [9.17, 15) is 18.4 Å². The summed E-state index contributed by atoms with van der Waals surface area (Å²) in [7, 11) is 0. The van der Waals surface area contributed by atoms with Crippen molar-refractivity contribution in [3.05, 3.63) is 95.2 Å². The van der Waals surface area contributed by atoms with Gasteiger partial charge in [-0.15, -0.1) is 0 Å². The highest BCUT2D eigenvalue weighted by atomic mass is 19.1. The Morgan fingerprint density at radius 3 is 2.07 bits per heavy atom. The summed E-state index contributed by atoms with van der Waals surface area (Å²) in [5, 5.41) is 12.2. The molecular weight excluding hydrogens is 548 g/mol. The molecule has 7 nitrogen and oxygen atoms in total. The van der Waals surface area contributed by atoms with Crippen molar-refractivity contribution in [2.45, 2.75) is 51.0 Å². The van der Waals surface area contributed by atoms with Crippen molar-refractivity contribution in [2.24, 2.45) is 11.8 Å². The van der Waals surface area contributed by atoms with Gasteiger partial charge in [-0.05, 0) is 79.1 Å². The maximum absolute atomic E-state index is 14.1. The Labute approximate surface area is 251 Å². The molecule has 43 heavy (non-hydrogen) atoms. The molecule has 2 aliphatic heterocycles. The molecule has 0 spiro atoms. The van der Waals surface area contributed by atoms with E-state index in [-0.39, 0.29) is 41.3 Å². The van der Waals surface area contributed by atoms with Gasteiger partial charge in [-0.3, -0.25) is 9.59 Å². The maximum Gasteiger partial charge on any atom is 0.231 e. The Hall–Kier alpha value is -4.32. The highest BCUT2D eigenvalue weighted by molar-refractivity contribution is 5.89. The lowest BCUT2D eigenvalue weighted by Gasteiger charge is -2.43. The van der Waals surface area contributed by atoms with Gasteiger partial charge in [0.1, 0.15) is 23.5 Å². The van der Waals surface area contributed by atoms with Crippen LogP contribution in [0.25, 0.3) is 0 Å². The minimum Gasteiger partial charge on any atom is -0.357 e. The summed E-state index contributed by atoms with van der Waals surface area (Å²) in [5.74, 6) is -0.0326. The van der Waals surface area contributed by atoms with E-state index in [0.29, 0.717) is 57.4 Å². The molecule has 9 heteroatoms. The number of benzene rings is 2. The number of piperidine rings is 2. The van der Waals surface area contributed by atoms with Crippen LogP contribution in [0.1, 0.15) is 62.3 Å². The number of hydrogen-bond acceptors (Lipinski definition) is 5. The van der Waals surface area contributed by atoms with Crippen molar-refractivity contribution in [2.75, 3.05) is 31.1 Å². The van der Waals surface area contributed by atoms with E-state index in [0.717, 1.165) is 16.9 Å². The zero-order chi connectivity index (χ0) is 30.6. The van der Waals surface area contributed by atoms with Crippen LogP contribution in [0.5, 0.6) is 0 Å². The standard InChI is InChI=1S/C34H37F2N5O2/c1-23(2)31(25-4-8-28(35)9-5-25)39-33(43)34(27-6-10-29(36)11-7-27)15-19-41(20-16-34)32(42)26-13-17-40(18-14-26)30-12-3-24(21-37)22-38-30/h3-12,22-23,26,31H,13-20H2,1-2H3,(H,39,43). The Morgan fingerprint density at radius 2 is 1.53 bits per heavy atom. The summed E-state index contributed by atoms with van der Waals surface area (Å²) < 4.78 is 27.5. The molecular formula is C34H37F2N5O2. The Bertz CT molecular complexity index is 1450. The highest BCUT2D eigenvalue weighted by Crippen LogP contribution is 2.38. The predicted octanol–water partition coefficient (Wildman–Crippen LogP) is 5.52. The van der Waals surface area contributed by atoms with E-state index >= 15 is 0 Å². The summed E-state index contributed by atoms with van der Waals surface area (Å²) >= 11 is 0. The van der Waals surface area contributed by atoms with Crippen molar-refractivity contribution in [1.82, 2.24) is 15.2 Å². The lowest BCUT2D eigenvalue weighted by molar-refractivity contribution is -0.141. The van der Waals surface area contributed by atoms with Crippen molar-refractivity contribution < 1.29 is 18.4 Å². The van der Waals surface area contributed by atoms with Crippen molar-refractivity contribution >= 4 is 17.6 Å². The van der Waals surface area contributed by atoms with Crippen molar-refractivity contribution in [3.63, 3.8) is 0 Å². The fourth-order valence-corrected chi connectivity index (χ4v) is 6.36. The number of aromatic nitrogens is 1. The number of likely N-dealkylation sites (tertiary alicyclic amines) is 1. The average Bonchev–Trinajstić information content (AvgIpc) is 3.04. The third-order valence-electron chi connectivity index (χ3n) is 8.99. The molecule has 0 saturated carbocycles. The predicted molar refractivity (Wildman–Crippen MR) is 160 cm³/mol. The fourth-order valence-electron chi connectivity index (χ4n) is 6.36. The van der Waals surface area contributed by atoms with E-state index in [1.54, 1.807) is 36.5 Å². The summed E-state index contributed by atoms with van der Waals surface area (Å²) in [6, 6.07) is 17.6. The van der Waals surface area contributed by atoms with Gasteiger partial charge in [0.25, 0.3) is 0 Å². The molecule has 2 saturated heterocycles. The normalized spacial score (nSPS) is 17.8. The van der Waals surface area contributed by atoms with Crippen LogP contribution in [0.4, 0.5) is 14.6 Å². The number of nitriles is 1. The molecule has 1 N–H and O–H groups in total. The van der Waals surface area contributed by atoms with Gasteiger partial charge in [-0.25, -0.2) is 13.8 Å². The molecule has 0 bridgehead atoms. The second-order valence-corrected chi connectivity index (χ2v) is 11.9. The maximum atomic E-state index is 14.1. The van der Waals surface area contributed by atoms with Crippen LogP contribution in [0.2, 0.25) is 0 Å². The summed E-state index contributed by atoms with van der Waals surface area (Å²) in [5.41, 5.74) is 1.12. The van der Waals surface area contributed by atoms with Gasteiger partial charge in [0, 0.05) is 38.3 Å². The summed E-state index contributed by atoms with van der Waals surface area (Å²) in [6.45, 7) is 6.25. The molecule has 2 aromatic carbocycles. The van der Waals surface area contributed by atoms with Crippen LogP contribution in [-0.4, -0.2) is 47.9 Å². The Balaban J connectivity index is 1.28. The lowest BCUT2D eigenvalue weighted by Crippen LogP contribution is -2.55. The second kappa shape index (κ2) is 12.9. The summed E-state index contributed by atoms with van der Waals surface area (Å²) in [6.07, 6.45) is 3.80. The minimum absolute atomic E-state index is 0.0479. The average molecular weight is 586 g/mol. The van der Waals surface area contributed by atoms with Crippen LogP contribution < -0.4 is 10.2 Å². The molecule has 1 atom stereocenters. The largest absolute Gasteiger partial charge is 0.357 e. The quantitative estimate of drug-likeness (QED) is 0.394. The van der Waals surface area contributed by atoms with Gasteiger partial charge in [0.15, 0.2) is 0 Å². The van der Waals surface area contributed by atoms with Gasteiger partial charge in [-0.1, -0.05) is 38.1 Å². The monoisotopic (exact) mass is 585 g/mol.